The van der Waals surface area contributed by atoms with Gasteiger partial charge in [0.15, 0.2) is 5.16 Å². The summed E-state index contributed by atoms with van der Waals surface area (Å²) in [5.74, 6) is 0.755. The van der Waals surface area contributed by atoms with Gasteiger partial charge in [-0.3, -0.25) is 9.59 Å². The van der Waals surface area contributed by atoms with Crippen molar-refractivity contribution in [3.63, 3.8) is 0 Å². The van der Waals surface area contributed by atoms with E-state index in [9.17, 15) is 9.59 Å². The summed E-state index contributed by atoms with van der Waals surface area (Å²) in [7, 11) is 0. The van der Waals surface area contributed by atoms with E-state index in [2.05, 4.69) is 92.3 Å². The van der Waals surface area contributed by atoms with Crippen LogP contribution in [-0.2, 0) is 16.0 Å². The van der Waals surface area contributed by atoms with Gasteiger partial charge >= 0.3 is 0 Å². The van der Waals surface area contributed by atoms with Crippen LogP contribution in [0.25, 0.3) is 0 Å². The lowest BCUT2D eigenvalue weighted by molar-refractivity contribution is -0.117. The second kappa shape index (κ2) is 11.1. The summed E-state index contributed by atoms with van der Waals surface area (Å²) in [6.07, 6.45) is 0.790. The molecule has 39 heavy (non-hydrogen) atoms. The van der Waals surface area contributed by atoms with Crippen molar-refractivity contribution in [2.24, 2.45) is 0 Å². The first-order chi connectivity index (χ1) is 18.7. The molecular formula is C32H33N3O2S2. The first-order valence-corrected chi connectivity index (χ1v) is 15.0. The minimum Gasteiger partial charge on any atom is -0.306 e. The third-order valence-electron chi connectivity index (χ3n) is 7.30. The number of fused-ring (bicyclic) bond motifs is 1. The molecule has 1 aromatic heterocycles. The minimum absolute atomic E-state index is 0.00496. The molecule has 0 radical (unpaired) electrons. The molecule has 0 bridgehead atoms. The molecule has 5 nitrogen and oxygen atoms in total. The molecule has 1 atom stereocenters. The maximum Gasteiger partial charge on any atom is 0.251 e. The van der Waals surface area contributed by atoms with E-state index < -0.39 is 5.54 Å². The summed E-state index contributed by atoms with van der Waals surface area (Å²) >= 11 is 2.92. The number of nitrogens with one attached hydrogen (secondary N) is 1. The Labute approximate surface area is 238 Å². The van der Waals surface area contributed by atoms with Crippen LogP contribution < -0.4 is 10.5 Å². The fraction of sp³-hybridized carbons (Fsp3) is 0.281. The second-order valence-corrected chi connectivity index (χ2v) is 12.9. The molecule has 0 unspecified atom stereocenters. The van der Waals surface area contributed by atoms with E-state index in [-0.39, 0.29) is 22.6 Å². The first kappa shape index (κ1) is 27.3. The summed E-state index contributed by atoms with van der Waals surface area (Å²) in [5.41, 5.74) is 4.40. The molecule has 0 saturated carbocycles. The molecule has 0 spiro atoms. The number of nitrogens with zero attached hydrogens (tertiary/aromatic N) is 2. The van der Waals surface area contributed by atoms with E-state index in [4.69, 9.17) is 0 Å². The average Bonchev–Trinajstić information content (AvgIpc) is 2.91. The normalized spacial score (nSPS) is 18.0. The Hall–Kier alpha value is -3.29. The highest BCUT2D eigenvalue weighted by Gasteiger charge is 2.47. The molecular weight excluding hydrogens is 523 g/mol. The van der Waals surface area contributed by atoms with E-state index in [1.807, 2.05) is 29.2 Å². The van der Waals surface area contributed by atoms with Gasteiger partial charge in [0.1, 0.15) is 0 Å². The molecule has 3 aromatic carbocycles. The van der Waals surface area contributed by atoms with Gasteiger partial charge in [0, 0.05) is 33.4 Å². The van der Waals surface area contributed by atoms with Crippen LogP contribution in [0.4, 0.5) is 5.69 Å². The number of carbonyl (C=O) groups excluding carboxylic acids is 1. The van der Waals surface area contributed by atoms with Gasteiger partial charge in [0.2, 0.25) is 5.91 Å². The number of aromatic nitrogens is 2. The molecule has 1 aliphatic rings. The van der Waals surface area contributed by atoms with Crippen LogP contribution in [0.1, 0.15) is 49.6 Å². The zero-order chi connectivity index (χ0) is 27.6. The summed E-state index contributed by atoms with van der Waals surface area (Å²) < 4.78 is 0. The summed E-state index contributed by atoms with van der Waals surface area (Å²) in [4.78, 5) is 36.7. The Morgan fingerprint density at radius 3 is 2.38 bits per heavy atom. The predicted octanol–water partition coefficient (Wildman–Crippen LogP) is 6.98. The zero-order valence-electron chi connectivity index (χ0n) is 22.7. The smallest absolute Gasteiger partial charge is 0.251 e. The fourth-order valence-corrected chi connectivity index (χ4v) is 7.18. The summed E-state index contributed by atoms with van der Waals surface area (Å²) in [6, 6.07) is 28.6. The van der Waals surface area contributed by atoms with Crippen LogP contribution >= 0.6 is 23.5 Å². The third kappa shape index (κ3) is 5.85. The topological polar surface area (TPSA) is 66.1 Å². The van der Waals surface area contributed by atoms with Crippen molar-refractivity contribution >= 4 is 35.1 Å². The summed E-state index contributed by atoms with van der Waals surface area (Å²) in [6.45, 7) is 8.60. The van der Waals surface area contributed by atoms with Crippen LogP contribution in [0.2, 0.25) is 0 Å². The SMILES string of the molecule is Cc1ccc(SCc2cc(=O)[nH]c(SCC(=O)N3c4ccccc4[C@@](C)(c4ccccc4)CC3(C)C)n2)cc1. The predicted molar refractivity (Wildman–Crippen MR) is 162 cm³/mol. The van der Waals surface area contributed by atoms with Crippen molar-refractivity contribution in [1.82, 2.24) is 9.97 Å². The number of benzene rings is 3. The molecule has 200 valence electrons. The number of aromatic amines is 1. The standard InChI is InChI=1S/C32H33N3O2S2/c1-22-14-16-25(17-15-22)38-19-24-18-28(36)34-30(33-24)39-20-29(37)35-27-13-9-8-12-26(27)32(4,21-31(35,2)3)23-10-6-5-7-11-23/h5-18H,19-21H2,1-4H3,(H,33,34,36)/t32-/m1/s1. The van der Waals surface area contributed by atoms with Crippen molar-refractivity contribution in [3.8, 4) is 0 Å². The Bertz CT molecular complexity index is 1530. The lowest BCUT2D eigenvalue weighted by atomic mass is 9.65. The highest BCUT2D eigenvalue weighted by molar-refractivity contribution is 7.99. The van der Waals surface area contributed by atoms with Crippen molar-refractivity contribution in [3.05, 3.63) is 118 Å². The fourth-order valence-electron chi connectivity index (χ4n) is 5.65. The van der Waals surface area contributed by atoms with E-state index >= 15 is 0 Å². The highest BCUT2D eigenvalue weighted by Crippen LogP contribution is 2.50. The number of H-pyrrole nitrogens is 1. The molecule has 2 heterocycles. The lowest BCUT2D eigenvalue weighted by Crippen LogP contribution is -2.56. The maximum absolute atomic E-state index is 13.8. The van der Waals surface area contributed by atoms with E-state index in [1.54, 1.807) is 11.8 Å². The van der Waals surface area contributed by atoms with Crippen LogP contribution in [-0.4, -0.2) is 27.2 Å². The van der Waals surface area contributed by atoms with Crippen LogP contribution in [0.5, 0.6) is 0 Å². The number of carbonyl (C=O) groups is 1. The van der Waals surface area contributed by atoms with Gasteiger partial charge in [-0.2, -0.15) is 0 Å². The first-order valence-electron chi connectivity index (χ1n) is 13.1. The van der Waals surface area contributed by atoms with E-state index in [0.29, 0.717) is 16.6 Å². The van der Waals surface area contributed by atoms with Crippen molar-refractivity contribution < 1.29 is 4.79 Å². The number of amides is 1. The molecule has 1 aliphatic heterocycles. The molecule has 1 amide bonds. The number of thioether (sulfide) groups is 2. The van der Waals surface area contributed by atoms with Crippen molar-refractivity contribution in [2.45, 2.75) is 60.9 Å². The Balaban J connectivity index is 1.35. The van der Waals surface area contributed by atoms with E-state index in [0.717, 1.165) is 22.6 Å². The summed E-state index contributed by atoms with van der Waals surface area (Å²) in [5, 5.41) is 0.465. The molecule has 7 heteroatoms. The quantitative estimate of drug-likeness (QED) is 0.197. The number of hydrogen-bond donors (Lipinski definition) is 1. The van der Waals surface area contributed by atoms with Crippen LogP contribution in [0.15, 0.2) is 99.8 Å². The number of aryl methyl sites for hydroxylation is 1. The molecule has 0 fully saturated rings. The van der Waals surface area contributed by atoms with Gasteiger partial charge in [0.25, 0.3) is 5.56 Å². The second-order valence-electron chi connectivity index (χ2n) is 10.9. The number of hydrogen-bond acceptors (Lipinski definition) is 5. The van der Waals surface area contributed by atoms with Crippen LogP contribution in [0.3, 0.4) is 0 Å². The Morgan fingerprint density at radius 2 is 1.64 bits per heavy atom. The van der Waals surface area contributed by atoms with Crippen LogP contribution in [0, 0.1) is 6.92 Å². The number of para-hydroxylation sites is 1. The highest BCUT2D eigenvalue weighted by atomic mass is 32.2. The molecule has 0 aliphatic carbocycles. The van der Waals surface area contributed by atoms with Gasteiger partial charge in [-0.15, -0.1) is 11.8 Å². The van der Waals surface area contributed by atoms with Crippen molar-refractivity contribution in [2.75, 3.05) is 10.7 Å². The Kier molecular flexibility index (Phi) is 7.74. The van der Waals surface area contributed by atoms with Crippen molar-refractivity contribution in [1.29, 1.82) is 0 Å². The monoisotopic (exact) mass is 555 g/mol. The van der Waals surface area contributed by atoms with Gasteiger partial charge in [-0.25, -0.2) is 4.98 Å². The molecule has 0 saturated heterocycles. The zero-order valence-corrected chi connectivity index (χ0v) is 24.4. The number of anilines is 1. The minimum atomic E-state index is -0.413. The van der Waals surface area contributed by atoms with Gasteiger partial charge < -0.3 is 9.88 Å². The lowest BCUT2D eigenvalue weighted by Gasteiger charge is -2.51. The molecule has 4 aromatic rings. The maximum atomic E-state index is 13.8. The van der Waals surface area contributed by atoms with Gasteiger partial charge in [-0.1, -0.05) is 84.9 Å². The number of rotatable bonds is 7. The van der Waals surface area contributed by atoms with Gasteiger partial charge in [0.05, 0.1) is 11.4 Å². The average molecular weight is 556 g/mol. The van der Waals surface area contributed by atoms with E-state index in [1.165, 1.54) is 29.0 Å². The molecule has 1 N–H and O–H groups in total. The van der Waals surface area contributed by atoms with Gasteiger partial charge in [-0.05, 0) is 56.5 Å². The Morgan fingerprint density at radius 1 is 0.949 bits per heavy atom. The largest absolute Gasteiger partial charge is 0.306 e. The third-order valence-corrected chi connectivity index (χ3v) is 9.21. The molecule has 5 rings (SSSR count).